The van der Waals surface area contributed by atoms with Crippen LogP contribution >= 0.6 is 0 Å². The van der Waals surface area contributed by atoms with E-state index in [0.717, 1.165) is 17.1 Å². The van der Waals surface area contributed by atoms with Gasteiger partial charge in [0.15, 0.2) is 24.2 Å². The minimum atomic E-state index is -0.0741. The predicted octanol–water partition coefficient (Wildman–Crippen LogP) is 0.199. The molecule has 0 amide bonds. The van der Waals surface area contributed by atoms with Crippen LogP contribution < -0.4 is 40.7 Å². The number of Topliss-reactive ketones (excluding diaryl/α,β-unsaturated/α-hetero) is 1. The molecular formula is C25H31BrN4O4. The summed E-state index contributed by atoms with van der Waals surface area (Å²) in [5.41, 5.74) is 2.61. The first-order valence-electron chi connectivity index (χ1n) is 10.7. The van der Waals surface area contributed by atoms with Crippen LogP contribution in [0.1, 0.15) is 28.7 Å². The molecule has 0 aliphatic heterocycles. The first-order chi connectivity index (χ1) is 15.9. The Morgan fingerprint density at radius 3 is 2.18 bits per heavy atom. The Hall–Kier alpha value is -3.33. The molecule has 0 aliphatic rings. The Balaban J connectivity index is 0.00000408. The van der Waals surface area contributed by atoms with Crippen molar-refractivity contribution >= 4 is 17.7 Å². The van der Waals surface area contributed by atoms with E-state index in [1.165, 1.54) is 21.3 Å². The second kappa shape index (κ2) is 12.2. The zero-order valence-electron chi connectivity index (χ0n) is 20.4. The number of rotatable bonds is 10. The van der Waals surface area contributed by atoms with E-state index in [2.05, 4.69) is 10.0 Å². The number of aromatic nitrogens is 2. The number of hydrogen-bond donors (Lipinski definition) is 0. The van der Waals surface area contributed by atoms with Crippen molar-refractivity contribution in [2.24, 2.45) is 5.10 Å². The fraction of sp³-hybridized carbons (Fsp3) is 0.320. The van der Waals surface area contributed by atoms with E-state index >= 15 is 0 Å². The molecule has 0 saturated carbocycles. The third-order valence-electron chi connectivity index (χ3n) is 5.34. The summed E-state index contributed by atoms with van der Waals surface area (Å²) < 4.78 is 19.8. The minimum Gasteiger partial charge on any atom is -1.00 e. The van der Waals surface area contributed by atoms with E-state index in [-0.39, 0.29) is 29.3 Å². The molecule has 0 saturated heterocycles. The molecule has 0 aliphatic carbocycles. The molecule has 3 aromatic rings. The van der Waals surface area contributed by atoms with Crippen molar-refractivity contribution in [3.8, 4) is 17.2 Å². The fourth-order valence-corrected chi connectivity index (χ4v) is 3.54. The smallest absolute Gasteiger partial charge is 0.282 e. The Morgan fingerprint density at radius 1 is 1.06 bits per heavy atom. The van der Waals surface area contributed by atoms with Gasteiger partial charge in [-0.05, 0) is 29.8 Å². The molecule has 34 heavy (non-hydrogen) atoms. The largest absolute Gasteiger partial charge is 1.00 e. The zero-order valence-corrected chi connectivity index (χ0v) is 22.0. The Bertz CT molecular complexity index is 1120. The lowest BCUT2D eigenvalue weighted by Crippen LogP contribution is -3.00. The summed E-state index contributed by atoms with van der Waals surface area (Å²) in [6.07, 6.45) is 6.24. The topological polar surface area (TPSA) is 69.2 Å². The van der Waals surface area contributed by atoms with E-state index in [1.807, 2.05) is 68.5 Å². The molecule has 1 aromatic heterocycles. The van der Waals surface area contributed by atoms with Crippen LogP contribution in [0, 0.1) is 0 Å². The van der Waals surface area contributed by atoms with Gasteiger partial charge in [-0.2, -0.15) is 0 Å². The molecular weight excluding hydrogens is 500 g/mol. The number of carbonyl (C=O) groups excluding carboxylic acids is 1. The van der Waals surface area contributed by atoms with Gasteiger partial charge < -0.3 is 36.1 Å². The van der Waals surface area contributed by atoms with Crippen molar-refractivity contribution in [2.45, 2.75) is 19.9 Å². The minimum absolute atomic E-state index is 0. The van der Waals surface area contributed by atoms with Crippen molar-refractivity contribution in [1.29, 1.82) is 0 Å². The average Bonchev–Trinajstić information content (AvgIpc) is 3.22. The van der Waals surface area contributed by atoms with Crippen LogP contribution in [0.15, 0.2) is 53.9 Å². The van der Waals surface area contributed by atoms with Gasteiger partial charge in [-0.3, -0.25) is 4.79 Å². The number of methoxy groups -OCH3 is 3. The number of halogens is 1. The molecule has 0 fully saturated rings. The van der Waals surface area contributed by atoms with Crippen LogP contribution in [0.4, 0.5) is 5.69 Å². The molecule has 0 unspecified atom stereocenters. The van der Waals surface area contributed by atoms with E-state index in [9.17, 15) is 4.79 Å². The maximum absolute atomic E-state index is 13.1. The lowest BCUT2D eigenvalue weighted by Gasteiger charge is -2.13. The molecule has 9 heteroatoms. The molecule has 0 atom stereocenters. The number of benzene rings is 2. The quantitative estimate of drug-likeness (QED) is 0.213. The Kier molecular flexibility index (Phi) is 9.68. The van der Waals surface area contributed by atoms with Gasteiger partial charge in [0.25, 0.3) is 5.82 Å². The summed E-state index contributed by atoms with van der Waals surface area (Å²) in [5, 5.41) is 4.59. The number of nitrogens with zero attached hydrogens (tertiary/aromatic N) is 4. The maximum atomic E-state index is 13.1. The average molecular weight is 531 g/mol. The molecule has 8 nitrogen and oxygen atoms in total. The molecule has 0 N–H and O–H groups in total. The van der Waals surface area contributed by atoms with E-state index < -0.39 is 0 Å². The van der Waals surface area contributed by atoms with Crippen LogP contribution in [0.5, 0.6) is 17.2 Å². The maximum Gasteiger partial charge on any atom is 0.282 e. The highest BCUT2D eigenvalue weighted by Crippen LogP contribution is 2.38. The first-order valence-corrected chi connectivity index (χ1v) is 10.7. The molecule has 0 bridgehead atoms. The van der Waals surface area contributed by atoms with Gasteiger partial charge in [-0.1, -0.05) is 24.2 Å². The third kappa shape index (κ3) is 5.96. The first kappa shape index (κ1) is 26.9. The predicted molar refractivity (Wildman–Crippen MR) is 128 cm³/mol. The van der Waals surface area contributed by atoms with Crippen LogP contribution in [-0.4, -0.2) is 52.1 Å². The SMILES string of the molecule is CCc1n(/N=C/c2ccc(N(C)C)cc2)cc[n+]1CC(=O)c1cc(OC)c(OC)c(OC)c1.[Br-]. The van der Waals surface area contributed by atoms with Crippen molar-refractivity contribution < 1.29 is 40.6 Å². The molecule has 1 heterocycles. The van der Waals surface area contributed by atoms with Crippen molar-refractivity contribution in [3.05, 3.63) is 65.7 Å². The molecule has 2 aromatic carbocycles. The van der Waals surface area contributed by atoms with Crippen molar-refractivity contribution in [1.82, 2.24) is 4.68 Å². The van der Waals surface area contributed by atoms with Crippen LogP contribution in [0.3, 0.4) is 0 Å². The van der Waals surface area contributed by atoms with Gasteiger partial charge in [-0.15, -0.1) is 4.68 Å². The normalized spacial score (nSPS) is 10.6. The Labute approximate surface area is 211 Å². The summed E-state index contributed by atoms with van der Waals surface area (Å²) >= 11 is 0. The highest BCUT2D eigenvalue weighted by Gasteiger charge is 2.22. The van der Waals surface area contributed by atoms with Crippen LogP contribution in [-0.2, 0) is 13.0 Å². The highest BCUT2D eigenvalue weighted by molar-refractivity contribution is 5.96. The number of carbonyl (C=O) groups is 1. The Morgan fingerprint density at radius 2 is 1.68 bits per heavy atom. The number of ketones is 1. The monoisotopic (exact) mass is 530 g/mol. The summed E-state index contributed by atoms with van der Waals surface area (Å²) in [6.45, 7) is 2.20. The fourth-order valence-electron chi connectivity index (χ4n) is 3.54. The second-order valence-corrected chi connectivity index (χ2v) is 7.61. The lowest BCUT2D eigenvalue weighted by atomic mass is 10.1. The summed E-state index contributed by atoms with van der Waals surface area (Å²) in [4.78, 5) is 15.1. The standard InChI is InChI=1S/C25H31N4O4.BrH/c1-7-24-28(12-13-29(24)26-16-18-8-10-20(11-9-18)27(2)3)17-21(30)19-14-22(31-4)25(33-6)23(15-19)32-5;/h8-16H,7,17H2,1-6H3;1H/q+1;/p-1/b26-16+;. The van der Waals surface area contributed by atoms with Gasteiger partial charge in [0, 0.05) is 31.8 Å². The van der Waals surface area contributed by atoms with Gasteiger partial charge >= 0.3 is 0 Å². The van der Waals surface area contributed by atoms with E-state index in [0.29, 0.717) is 29.2 Å². The lowest BCUT2D eigenvalue weighted by molar-refractivity contribution is -0.690. The highest BCUT2D eigenvalue weighted by atomic mass is 79.9. The number of hydrogen-bond acceptors (Lipinski definition) is 6. The number of anilines is 1. The molecule has 0 radical (unpaired) electrons. The summed E-state index contributed by atoms with van der Waals surface area (Å²) in [6, 6.07) is 11.5. The summed E-state index contributed by atoms with van der Waals surface area (Å²) in [7, 11) is 8.61. The number of imidazole rings is 1. The van der Waals surface area contributed by atoms with Gasteiger partial charge in [-0.25, -0.2) is 4.57 Å². The van der Waals surface area contributed by atoms with Crippen molar-refractivity contribution in [2.75, 3.05) is 40.3 Å². The number of ether oxygens (including phenoxy) is 3. The van der Waals surface area contributed by atoms with Crippen LogP contribution in [0.25, 0.3) is 0 Å². The molecule has 3 rings (SSSR count). The van der Waals surface area contributed by atoms with E-state index in [1.54, 1.807) is 16.8 Å². The zero-order chi connectivity index (χ0) is 24.0. The van der Waals surface area contributed by atoms with Crippen molar-refractivity contribution in [3.63, 3.8) is 0 Å². The van der Waals surface area contributed by atoms with Crippen LogP contribution in [0.2, 0.25) is 0 Å². The van der Waals surface area contributed by atoms with E-state index in [4.69, 9.17) is 14.2 Å². The van der Waals surface area contributed by atoms with Gasteiger partial charge in [0.05, 0.1) is 27.5 Å². The molecule has 0 spiro atoms. The second-order valence-electron chi connectivity index (χ2n) is 7.61. The molecule has 182 valence electrons. The van der Waals surface area contributed by atoms with Gasteiger partial charge in [0.1, 0.15) is 6.20 Å². The third-order valence-corrected chi connectivity index (χ3v) is 5.34. The summed E-state index contributed by atoms with van der Waals surface area (Å²) in [5.74, 6) is 2.19. The van der Waals surface area contributed by atoms with Gasteiger partial charge in [0.2, 0.25) is 11.5 Å².